The van der Waals surface area contributed by atoms with Crippen molar-refractivity contribution in [2.45, 2.75) is 106 Å². The minimum atomic E-state index is -0.974. The summed E-state index contributed by atoms with van der Waals surface area (Å²) in [6.07, 6.45) is -1.51. The molecule has 1 rings (SSSR count). The zero-order chi connectivity index (χ0) is 32.0. The van der Waals surface area contributed by atoms with E-state index < -0.39 is 42.6 Å². The standard InChI is InChI=1S/C31H49NO10/c1-11-12-20(6)28(33)38-21(7)17-32-25(29(34)37-10)15-24-13-14-26(41-30(35)39-22(8)18(2)3)27(16-24)42-31(36)40-23(9)19(4)5/h13-14,16,18-23,25,32H,11-12,15,17H2,1-10H3/t20?,21?,22?,23?,25-/m0/s1. The minimum Gasteiger partial charge on any atom is -0.468 e. The van der Waals surface area contributed by atoms with Gasteiger partial charge in [0.05, 0.1) is 13.0 Å². The third-order valence-corrected chi connectivity index (χ3v) is 6.86. The maximum absolute atomic E-state index is 12.6. The number of methoxy groups -OCH3 is 1. The zero-order valence-corrected chi connectivity index (χ0v) is 26.7. The van der Waals surface area contributed by atoms with Crippen LogP contribution in [-0.4, -0.2) is 62.3 Å². The molecule has 0 saturated heterocycles. The molecule has 0 aromatic heterocycles. The highest BCUT2D eigenvalue weighted by atomic mass is 16.8. The van der Waals surface area contributed by atoms with Gasteiger partial charge in [-0.2, -0.15) is 0 Å². The Morgan fingerprint density at radius 1 is 0.762 bits per heavy atom. The number of carbonyl (C=O) groups excluding carboxylic acids is 4. The summed E-state index contributed by atoms with van der Waals surface area (Å²) in [5.74, 6) is -1.07. The van der Waals surface area contributed by atoms with Crippen LogP contribution in [0.15, 0.2) is 18.2 Å². The lowest BCUT2D eigenvalue weighted by Crippen LogP contribution is -2.43. The third-order valence-electron chi connectivity index (χ3n) is 6.86. The molecule has 11 nitrogen and oxygen atoms in total. The normalized spacial score (nSPS) is 14.8. The molecule has 1 aromatic rings. The molecule has 0 aliphatic carbocycles. The third kappa shape index (κ3) is 13.1. The van der Waals surface area contributed by atoms with E-state index in [2.05, 4.69) is 5.32 Å². The highest BCUT2D eigenvalue weighted by Crippen LogP contribution is 2.30. The van der Waals surface area contributed by atoms with Gasteiger partial charge in [0, 0.05) is 6.54 Å². The van der Waals surface area contributed by atoms with Crippen LogP contribution in [0.3, 0.4) is 0 Å². The van der Waals surface area contributed by atoms with Gasteiger partial charge in [0.25, 0.3) is 0 Å². The Bertz CT molecular complexity index is 1020. The summed E-state index contributed by atoms with van der Waals surface area (Å²) in [6, 6.07) is 3.73. The molecule has 1 N–H and O–H groups in total. The molecule has 0 aliphatic rings. The molecule has 0 amide bonds. The highest BCUT2D eigenvalue weighted by molar-refractivity contribution is 5.76. The smallest absolute Gasteiger partial charge is 0.468 e. The first-order valence-corrected chi connectivity index (χ1v) is 14.6. The van der Waals surface area contributed by atoms with Crippen LogP contribution >= 0.6 is 0 Å². The van der Waals surface area contributed by atoms with E-state index in [-0.39, 0.29) is 48.2 Å². The SMILES string of the molecule is CCCC(C)C(=O)OC(C)CN[C@@H](Cc1ccc(OC(=O)OC(C)C(C)C)c(OC(=O)OC(C)C(C)C)c1)C(=O)OC. The molecule has 1 aromatic carbocycles. The second-order valence-corrected chi connectivity index (χ2v) is 11.2. The van der Waals surface area contributed by atoms with Crippen molar-refractivity contribution in [3.8, 4) is 11.5 Å². The molecule has 0 bridgehead atoms. The topological polar surface area (TPSA) is 136 Å². The van der Waals surface area contributed by atoms with Gasteiger partial charge in [0.15, 0.2) is 11.5 Å². The number of rotatable bonds is 16. The maximum Gasteiger partial charge on any atom is 0.514 e. The lowest BCUT2D eigenvalue weighted by atomic mass is 10.0. The van der Waals surface area contributed by atoms with Crippen LogP contribution < -0.4 is 14.8 Å². The first-order valence-electron chi connectivity index (χ1n) is 14.6. The van der Waals surface area contributed by atoms with Gasteiger partial charge in [-0.25, -0.2) is 9.59 Å². The molecule has 0 saturated carbocycles. The van der Waals surface area contributed by atoms with E-state index in [9.17, 15) is 19.2 Å². The van der Waals surface area contributed by atoms with Crippen LogP contribution in [0.1, 0.15) is 80.7 Å². The Balaban J connectivity index is 3.13. The molecule has 0 aliphatic heterocycles. The van der Waals surface area contributed by atoms with Crippen molar-refractivity contribution in [3.05, 3.63) is 23.8 Å². The van der Waals surface area contributed by atoms with Gasteiger partial charge in [0.1, 0.15) is 24.4 Å². The second kappa shape index (κ2) is 18.3. The second-order valence-electron chi connectivity index (χ2n) is 11.2. The predicted octanol–water partition coefficient (Wildman–Crippen LogP) is 5.85. The van der Waals surface area contributed by atoms with Gasteiger partial charge in [-0.1, -0.05) is 54.0 Å². The fourth-order valence-electron chi connectivity index (χ4n) is 3.48. The lowest BCUT2D eigenvalue weighted by Gasteiger charge is -2.21. The fourth-order valence-corrected chi connectivity index (χ4v) is 3.48. The van der Waals surface area contributed by atoms with Crippen LogP contribution in [0.25, 0.3) is 0 Å². The van der Waals surface area contributed by atoms with Crippen molar-refractivity contribution >= 4 is 24.2 Å². The van der Waals surface area contributed by atoms with E-state index in [0.717, 1.165) is 12.8 Å². The van der Waals surface area contributed by atoms with Crippen LogP contribution in [0.2, 0.25) is 0 Å². The molecular formula is C31H49NO10. The average Bonchev–Trinajstić information content (AvgIpc) is 2.91. The van der Waals surface area contributed by atoms with Gasteiger partial charge in [-0.05, 0) is 63.1 Å². The van der Waals surface area contributed by atoms with Crippen LogP contribution in [0.4, 0.5) is 9.59 Å². The van der Waals surface area contributed by atoms with Crippen LogP contribution in [-0.2, 0) is 35.0 Å². The quantitative estimate of drug-likeness (QED) is 0.140. The Labute approximate surface area is 249 Å². The first-order chi connectivity index (χ1) is 19.7. The van der Waals surface area contributed by atoms with Crippen LogP contribution in [0.5, 0.6) is 11.5 Å². The Hall–Kier alpha value is -3.34. The Morgan fingerprint density at radius 3 is 1.81 bits per heavy atom. The van der Waals surface area contributed by atoms with E-state index in [4.69, 9.17) is 28.4 Å². The number of carbonyl (C=O) groups is 4. The van der Waals surface area contributed by atoms with E-state index in [0.29, 0.717) is 5.56 Å². The molecule has 238 valence electrons. The number of hydrogen-bond acceptors (Lipinski definition) is 11. The zero-order valence-electron chi connectivity index (χ0n) is 26.7. The summed E-state index contributed by atoms with van der Waals surface area (Å²) in [6.45, 7) is 16.8. The lowest BCUT2D eigenvalue weighted by molar-refractivity contribution is -0.152. The number of hydrogen-bond donors (Lipinski definition) is 1. The molecular weight excluding hydrogens is 546 g/mol. The van der Waals surface area contributed by atoms with E-state index in [1.54, 1.807) is 26.8 Å². The van der Waals surface area contributed by atoms with Crippen molar-refractivity contribution in [3.63, 3.8) is 0 Å². The number of ether oxygens (including phenoxy) is 6. The van der Waals surface area contributed by atoms with Crippen molar-refractivity contribution in [2.75, 3.05) is 13.7 Å². The molecule has 11 heteroatoms. The molecule has 42 heavy (non-hydrogen) atoms. The summed E-state index contributed by atoms with van der Waals surface area (Å²) < 4.78 is 31.8. The molecule has 0 radical (unpaired) electrons. The summed E-state index contributed by atoms with van der Waals surface area (Å²) >= 11 is 0. The first kappa shape index (κ1) is 36.7. The maximum atomic E-state index is 12.6. The molecule has 0 fully saturated rings. The van der Waals surface area contributed by atoms with Crippen molar-refractivity contribution in [2.24, 2.45) is 17.8 Å². The molecule has 5 atom stereocenters. The monoisotopic (exact) mass is 595 g/mol. The summed E-state index contributed by atoms with van der Waals surface area (Å²) in [4.78, 5) is 49.8. The van der Waals surface area contributed by atoms with E-state index in [1.165, 1.54) is 19.2 Å². The fraction of sp³-hybridized carbons (Fsp3) is 0.677. The van der Waals surface area contributed by atoms with E-state index in [1.807, 2.05) is 41.5 Å². The Morgan fingerprint density at radius 2 is 1.31 bits per heavy atom. The average molecular weight is 596 g/mol. The Kier molecular flexibility index (Phi) is 15.9. The predicted molar refractivity (Wildman–Crippen MR) is 156 cm³/mol. The highest BCUT2D eigenvalue weighted by Gasteiger charge is 2.25. The molecule has 4 unspecified atom stereocenters. The molecule has 0 spiro atoms. The number of benzene rings is 1. The number of esters is 2. The van der Waals surface area contributed by atoms with Gasteiger partial charge >= 0.3 is 24.2 Å². The van der Waals surface area contributed by atoms with Crippen LogP contribution in [0, 0.1) is 17.8 Å². The summed E-state index contributed by atoms with van der Waals surface area (Å²) in [7, 11) is 1.27. The molecule has 0 heterocycles. The van der Waals surface area contributed by atoms with E-state index >= 15 is 0 Å². The van der Waals surface area contributed by atoms with Gasteiger partial charge in [-0.3, -0.25) is 9.59 Å². The number of nitrogens with one attached hydrogen (secondary N) is 1. The van der Waals surface area contributed by atoms with Gasteiger partial charge < -0.3 is 33.7 Å². The van der Waals surface area contributed by atoms with Crippen molar-refractivity contribution < 1.29 is 47.6 Å². The summed E-state index contributed by atoms with van der Waals surface area (Å²) in [5, 5.41) is 3.08. The largest absolute Gasteiger partial charge is 0.514 e. The van der Waals surface area contributed by atoms with Gasteiger partial charge in [-0.15, -0.1) is 0 Å². The summed E-state index contributed by atoms with van der Waals surface area (Å²) in [5.41, 5.74) is 0.565. The van der Waals surface area contributed by atoms with Crippen molar-refractivity contribution in [1.29, 1.82) is 0 Å². The van der Waals surface area contributed by atoms with Gasteiger partial charge in [0.2, 0.25) is 0 Å². The van der Waals surface area contributed by atoms with Crippen molar-refractivity contribution in [1.82, 2.24) is 5.32 Å². The minimum absolute atomic E-state index is 0.0514.